The zero-order valence-corrected chi connectivity index (χ0v) is 17.1. The molecule has 7 atom stereocenters. The lowest BCUT2D eigenvalue weighted by atomic mass is 9.58. The molecule has 1 saturated carbocycles. The molecule has 3 rings (SSSR count). The van der Waals surface area contributed by atoms with Crippen LogP contribution in [0.3, 0.4) is 0 Å². The number of allylic oxidation sites excluding steroid dienone is 7. The van der Waals surface area contributed by atoms with Gasteiger partial charge in [0.25, 0.3) is 0 Å². The second-order valence-corrected chi connectivity index (χ2v) is 8.67. The summed E-state index contributed by atoms with van der Waals surface area (Å²) in [4.78, 5) is 24.4. The number of fused-ring (bicyclic) bond motifs is 3. The summed E-state index contributed by atoms with van der Waals surface area (Å²) in [6.45, 7) is 6.18. The van der Waals surface area contributed by atoms with Crippen LogP contribution in [0.25, 0.3) is 0 Å². The SMILES string of the molecule is C[C@@H]1C=CC=C[C@H](C)OC(=O)CC(=O)C=C(O)[C@@H]2[C@H]1C=C[C@@H]1CCC[C@@H](C)[C@@H]21. The lowest BCUT2D eigenvalue weighted by Gasteiger charge is -2.46. The number of hydrogen-bond acceptors (Lipinski definition) is 4. The number of carbonyl (C=O) groups excluding carboxylic acids is 2. The molecule has 1 heterocycles. The summed E-state index contributed by atoms with van der Waals surface area (Å²) in [7, 11) is 0. The maximum atomic E-state index is 12.4. The number of rotatable bonds is 0. The van der Waals surface area contributed by atoms with Crippen molar-refractivity contribution in [2.75, 3.05) is 0 Å². The molecule has 0 saturated heterocycles. The first-order chi connectivity index (χ1) is 13.4. The van der Waals surface area contributed by atoms with Crippen LogP contribution < -0.4 is 0 Å². The smallest absolute Gasteiger partial charge is 0.314 e. The van der Waals surface area contributed by atoms with Crippen molar-refractivity contribution < 1.29 is 19.4 Å². The highest BCUT2D eigenvalue weighted by molar-refractivity contribution is 6.02. The van der Waals surface area contributed by atoms with Crippen molar-refractivity contribution in [1.29, 1.82) is 0 Å². The number of ketones is 1. The van der Waals surface area contributed by atoms with Crippen molar-refractivity contribution in [3.8, 4) is 0 Å². The van der Waals surface area contributed by atoms with Crippen LogP contribution in [0.4, 0.5) is 0 Å². The molecule has 0 unspecified atom stereocenters. The number of ether oxygens (including phenoxy) is 1. The molecule has 152 valence electrons. The third kappa shape index (κ3) is 4.65. The van der Waals surface area contributed by atoms with Crippen molar-refractivity contribution in [3.05, 3.63) is 48.3 Å². The minimum atomic E-state index is -0.565. The largest absolute Gasteiger partial charge is 0.512 e. The van der Waals surface area contributed by atoms with Gasteiger partial charge in [-0.1, -0.05) is 57.1 Å². The highest BCUT2D eigenvalue weighted by atomic mass is 16.5. The molecule has 0 amide bonds. The van der Waals surface area contributed by atoms with Gasteiger partial charge in [-0.05, 0) is 49.0 Å². The quantitative estimate of drug-likeness (QED) is 0.365. The monoisotopic (exact) mass is 384 g/mol. The second-order valence-electron chi connectivity index (χ2n) is 8.67. The normalized spacial score (nSPS) is 39.4. The topological polar surface area (TPSA) is 63.6 Å². The fourth-order valence-electron chi connectivity index (χ4n) is 5.20. The van der Waals surface area contributed by atoms with E-state index in [0.29, 0.717) is 17.8 Å². The van der Waals surface area contributed by atoms with Gasteiger partial charge in [0.05, 0.1) is 5.76 Å². The van der Waals surface area contributed by atoms with Crippen LogP contribution in [-0.2, 0) is 14.3 Å². The molecule has 1 aliphatic heterocycles. The van der Waals surface area contributed by atoms with Gasteiger partial charge in [-0.25, -0.2) is 0 Å². The summed E-state index contributed by atoms with van der Waals surface area (Å²) >= 11 is 0. The van der Waals surface area contributed by atoms with Crippen molar-refractivity contribution in [2.24, 2.45) is 35.5 Å². The molecule has 4 heteroatoms. The molecule has 4 nitrogen and oxygen atoms in total. The van der Waals surface area contributed by atoms with Gasteiger partial charge in [-0.15, -0.1) is 0 Å². The average molecular weight is 385 g/mol. The Morgan fingerprint density at radius 1 is 1.00 bits per heavy atom. The summed E-state index contributed by atoms with van der Waals surface area (Å²) < 4.78 is 5.23. The number of aliphatic hydroxyl groups is 1. The Morgan fingerprint density at radius 3 is 2.54 bits per heavy atom. The van der Waals surface area contributed by atoms with E-state index in [2.05, 4.69) is 32.1 Å². The maximum absolute atomic E-state index is 12.4. The Hall–Kier alpha value is -2.10. The van der Waals surface area contributed by atoms with Crippen molar-refractivity contribution in [3.63, 3.8) is 0 Å². The standard InChI is InChI=1S/C24H32O4/c1-15-7-4-5-9-17(3)28-22(27)14-19(25)13-21(26)24-20(15)12-11-18-10-6-8-16(2)23(18)24/h4-5,7,9,11-13,15-18,20,23-24,26H,6,8,10,14H2,1-3H3/t15-,16-,17+,18+,20+,23-,24+/m1/s1. The molecular weight excluding hydrogens is 352 g/mol. The highest BCUT2D eigenvalue weighted by Gasteiger charge is 2.44. The maximum Gasteiger partial charge on any atom is 0.314 e. The molecule has 3 aliphatic rings. The van der Waals surface area contributed by atoms with E-state index < -0.39 is 17.9 Å². The number of carbonyl (C=O) groups is 2. The van der Waals surface area contributed by atoms with E-state index in [4.69, 9.17) is 4.74 Å². The number of aliphatic hydroxyl groups excluding tert-OH is 1. The molecule has 0 aromatic rings. The summed E-state index contributed by atoms with van der Waals surface area (Å²) in [6, 6.07) is 0. The number of hydrogen-bond donors (Lipinski definition) is 1. The summed E-state index contributed by atoms with van der Waals surface area (Å²) in [5, 5.41) is 11.0. The van der Waals surface area contributed by atoms with Crippen LogP contribution >= 0.6 is 0 Å². The summed E-state index contributed by atoms with van der Waals surface area (Å²) in [6.07, 6.45) is 16.4. The minimum absolute atomic E-state index is 0.101. The Morgan fingerprint density at radius 2 is 1.75 bits per heavy atom. The van der Waals surface area contributed by atoms with Crippen LogP contribution in [0.2, 0.25) is 0 Å². The van der Waals surface area contributed by atoms with E-state index in [1.165, 1.54) is 12.5 Å². The average Bonchev–Trinajstić information content (AvgIpc) is 2.63. The van der Waals surface area contributed by atoms with Crippen LogP contribution in [0.15, 0.2) is 48.3 Å². The molecule has 2 aliphatic carbocycles. The molecule has 1 N–H and O–H groups in total. The zero-order valence-electron chi connectivity index (χ0n) is 17.1. The predicted octanol–water partition coefficient (Wildman–Crippen LogP) is 4.94. The molecule has 1 fully saturated rings. The van der Waals surface area contributed by atoms with Crippen molar-refractivity contribution >= 4 is 11.8 Å². The second kappa shape index (κ2) is 8.93. The predicted molar refractivity (Wildman–Crippen MR) is 109 cm³/mol. The molecule has 0 aromatic heterocycles. The van der Waals surface area contributed by atoms with Gasteiger partial charge < -0.3 is 9.84 Å². The molecule has 0 spiro atoms. The molecule has 0 radical (unpaired) electrons. The minimum Gasteiger partial charge on any atom is -0.512 e. The van der Waals surface area contributed by atoms with Gasteiger partial charge >= 0.3 is 5.97 Å². The van der Waals surface area contributed by atoms with Gasteiger partial charge in [0, 0.05) is 12.0 Å². The fraction of sp³-hybridized carbons (Fsp3) is 0.583. The van der Waals surface area contributed by atoms with E-state index in [9.17, 15) is 14.7 Å². The van der Waals surface area contributed by atoms with Gasteiger partial charge in [0.1, 0.15) is 12.5 Å². The molecule has 28 heavy (non-hydrogen) atoms. The summed E-state index contributed by atoms with van der Waals surface area (Å²) in [5.41, 5.74) is 0. The number of esters is 1. The third-order valence-electron chi connectivity index (χ3n) is 6.56. The Labute approximate surface area is 168 Å². The van der Waals surface area contributed by atoms with Crippen LogP contribution in [0.1, 0.15) is 46.5 Å². The Bertz CT molecular complexity index is 714. The van der Waals surface area contributed by atoms with Crippen molar-refractivity contribution in [1.82, 2.24) is 0 Å². The van der Waals surface area contributed by atoms with Gasteiger partial charge in [0.15, 0.2) is 5.78 Å². The molecular formula is C24H32O4. The van der Waals surface area contributed by atoms with Crippen LogP contribution in [0, 0.1) is 35.5 Å². The highest BCUT2D eigenvalue weighted by Crippen LogP contribution is 2.50. The first kappa shape index (κ1) is 20.6. The first-order valence-corrected chi connectivity index (χ1v) is 10.5. The molecule has 0 aromatic carbocycles. The van der Waals surface area contributed by atoms with E-state index in [1.807, 2.05) is 12.2 Å². The number of cyclic esters (lactones) is 1. The van der Waals surface area contributed by atoms with Gasteiger partial charge in [-0.2, -0.15) is 0 Å². The van der Waals surface area contributed by atoms with E-state index in [-0.39, 0.29) is 29.9 Å². The van der Waals surface area contributed by atoms with E-state index >= 15 is 0 Å². The van der Waals surface area contributed by atoms with Gasteiger partial charge in [-0.3, -0.25) is 9.59 Å². The third-order valence-corrected chi connectivity index (χ3v) is 6.56. The van der Waals surface area contributed by atoms with Gasteiger partial charge in [0.2, 0.25) is 0 Å². The lowest BCUT2D eigenvalue weighted by Crippen LogP contribution is -2.41. The van der Waals surface area contributed by atoms with E-state index in [1.54, 1.807) is 13.0 Å². The molecule has 0 bridgehead atoms. The van der Waals surface area contributed by atoms with Crippen LogP contribution in [-0.4, -0.2) is 23.0 Å². The Balaban J connectivity index is 2.00. The van der Waals surface area contributed by atoms with Crippen LogP contribution in [0.5, 0.6) is 0 Å². The Kier molecular flexibility index (Phi) is 6.58. The fourth-order valence-corrected chi connectivity index (χ4v) is 5.20. The van der Waals surface area contributed by atoms with Crippen molar-refractivity contribution in [2.45, 2.75) is 52.6 Å². The first-order valence-electron chi connectivity index (χ1n) is 10.5. The van der Waals surface area contributed by atoms with E-state index in [0.717, 1.165) is 12.8 Å². The lowest BCUT2D eigenvalue weighted by molar-refractivity contribution is -0.147. The zero-order chi connectivity index (χ0) is 20.3. The summed E-state index contributed by atoms with van der Waals surface area (Å²) in [5.74, 6) is 0.651.